The van der Waals surface area contributed by atoms with Crippen LogP contribution < -0.4 is 0 Å². The highest BCUT2D eigenvalue weighted by atomic mass is 16.6. The van der Waals surface area contributed by atoms with E-state index in [1.54, 1.807) is 0 Å². The van der Waals surface area contributed by atoms with Gasteiger partial charge in [0, 0.05) is 0 Å². The Kier molecular flexibility index (Phi) is 4.49. The Bertz CT molecular complexity index is 643. The molecule has 0 aromatic heterocycles. The van der Waals surface area contributed by atoms with Crippen molar-refractivity contribution in [2.45, 2.75) is 92.1 Å². The van der Waals surface area contributed by atoms with Crippen molar-refractivity contribution >= 4 is 11.9 Å². The Morgan fingerprint density at radius 2 is 1.43 bits per heavy atom. The molecule has 0 saturated heterocycles. The minimum absolute atomic E-state index is 0.0428. The summed E-state index contributed by atoms with van der Waals surface area (Å²) in [6.45, 7) is 12.6. The van der Waals surface area contributed by atoms with Gasteiger partial charge in [-0.3, -0.25) is 4.79 Å². The molecule has 0 N–H and O–H groups in total. The summed E-state index contributed by atoms with van der Waals surface area (Å²) in [6.07, 6.45) is 7.76. The van der Waals surface area contributed by atoms with Gasteiger partial charge in [-0.1, -0.05) is 34.6 Å². The number of carbonyl (C=O) groups excluding carboxylic acids is 2. The van der Waals surface area contributed by atoms with Crippen molar-refractivity contribution in [1.29, 1.82) is 0 Å². The molecule has 28 heavy (non-hydrogen) atoms. The van der Waals surface area contributed by atoms with Crippen LogP contribution >= 0.6 is 0 Å². The first kappa shape index (κ1) is 20.2. The molecule has 158 valence electrons. The monoisotopic (exact) mass is 390 g/mol. The lowest BCUT2D eigenvalue weighted by molar-refractivity contribution is -0.207. The lowest BCUT2D eigenvalue weighted by Gasteiger charge is -2.59. The third kappa shape index (κ3) is 3.29. The Balaban J connectivity index is 1.35. The van der Waals surface area contributed by atoms with Crippen molar-refractivity contribution in [3.8, 4) is 0 Å². The van der Waals surface area contributed by atoms with E-state index in [1.165, 1.54) is 32.1 Å². The second-order valence-corrected chi connectivity index (χ2v) is 12.4. The number of rotatable bonds is 5. The maximum absolute atomic E-state index is 12.9. The van der Waals surface area contributed by atoms with Crippen LogP contribution in [0.15, 0.2) is 0 Å². The Morgan fingerprint density at radius 1 is 0.929 bits per heavy atom. The summed E-state index contributed by atoms with van der Waals surface area (Å²) in [4.78, 5) is 25.6. The highest BCUT2D eigenvalue weighted by Crippen LogP contribution is 2.68. The fourth-order valence-electron chi connectivity index (χ4n) is 7.16. The Hall–Kier alpha value is -1.06. The largest absolute Gasteiger partial charge is 0.456 e. The van der Waals surface area contributed by atoms with Crippen molar-refractivity contribution in [1.82, 2.24) is 0 Å². The highest BCUT2D eigenvalue weighted by Gasteiger charge is 2.68. The zero-order valence-corrected chi connectivity index (χ0v) is 18.6. The summed E-state index contributed by atoms with van der Waals surface area (Å²) in [7, 11) is 0. The summed E-state index contributed by atoms with van der Waals surface area (Å²) in [6, 6.07) is 0. The van der Waals surface area contributed by atoms with Gasteiger partial charge in [0.05, 0.1) is 5.41 Å². The van der Waals surface area contributed by atoms with Crippen LogP contribution in [0.3, 0.4) is 0 Å². The van der Waals surface area contributed by atoms with Crippen LogP contribution in [0.25, 0.3) is 0 Å². The second-order valence-electron chi connectivity index (χ2n) is 12.4. The summed E-state index contributed by atoms with van der Waals surface area (Å²) in [5, 5.41) is 0. The van der Waals surface area contributed by atoms with E-state index in [0.717, 1.165) is 24.7 Å². The van der Waals surface area contributed by atoms with Crippen LogP contribution in [0.2, 0.25) is 0 Å². The molecule has 4 bridgehead atoms. The van der Waals surface area contributed by atoms with E-state index in [-0.39, 0.29) is 35.0 Å². The highest BCUT2D eigenvalue weighted by molar-refractivity contribution is 5.84. The quantitative estimate of drug-likeness (QED) is 0.610. The minimum Gasteiger partial charge on any atom is -0.456 e. The first-order valence-corrected chi connectivity index (χ1v) is 11.2. The number of esters is 2. The summed E-state index contributed by atoms with van der Waals surface area (Å²) in [5.41, 5.74) is -0.841. The average molecular weight is 391 g/mol. The van der Waals surface area contributed by atoms with Gasteiger partial charge in [-0.25, -0.2) is 4.79 Å². The molecule has 0 aliphatic heterocycles. The molecule has 5 aliphatic rings. The number of ether oxygens (including phenoxy) is 2. The molecule has 0 spiro atoms. The minimum atomic E-state index is -0.460. The van der Waals surface area contributed by atoms with Gasteiger partial charge in [-0.05, 0) is 86.4 Å². The predicted molar refractivity (Wildman–Crippen MR) is 107 cm³/mol. The van der Waals surface area contributed by atoms with E-state index < -0.39 is 5.41 Å². The molecule has 4 heteroatoms. The fraction of sp³-hybridized carbons (Fsp3) is 0.917. The van der Waals surface area contributed by atoms with Crippen LogP contribution in [0.4, 0.5) is 0 Å². The zero-order chi connectivity index (χ0) is 20.5. The number of hydrogen-bond acceptors (Lipinski definition) is 4. The molecule has 0 amide bonds. The van der Waals surface area contributed by atoms with Crippen LogP contribution in [-0.4, -0.2) is 24.1 Å². The summed E-state index contributed by atoms with van der Waals surface area (Å²) < 4.78 is 11.6. The molecule has 5 fully saturated rings. The molecule has 1 unspecified atom stereocenters. The number of hydrogen-bond donors (Lipinski definition) is 0. The van der Waals surface area contributed by atoms with E-state index >= 15 is 0 Å². The maximum atomic E-state index is 12.9. The third-order valence-electron chi connectivity index (χ3n) is 8.55. The maximum Gasteiger partial charge on any atom is 0.344 e. The first-order valence-electron chi connectivity index (χ1n) is 11.2. The van der Waals surface area contributed by atoms with E-state index in [2.05, 4.69) is 41.5 Å². The van der Waals surface area contributed by atoms with Crippen molar-refractivity contribution in [3.05, 3.63) is 0 Å². The lowest BCUT2D eigenvalue weighted by atomic mass is 9.50. The molecule has 1 atom stereocenters. The van der Waals surface area contributed by atoms with Gasteiger partial charge in [0.15, 0.2) is 6.61 Å². The van der Waals surface area contributed by atoms with Gasteiger partial charge in [0.2, 0.25) is 0 Å². The fourth-order valence-corrected chi connectivity index (χ4v) is 7.16. The lowest BCUT2D eigenvalue weighted by Crippen LogP contribution is -2.58. The molecule has 5 rings (SSSR count). The van der Waals surface area contributed by atoms with Gasteiger partial charge < -0.3 is 9.47 Å². The number of carbonyl (C=O) groups is 2. The standard InChI is InChI=1S/C24H38O4/c1-21(2,3)13-24(14-22(24,4)5)20(26)27-12-19(25)28-23(6)17-8-15-7-16(10-17)11-18(23)9-15/h15-18H,7-14H2,1-6H3. The topological polar surface area (TPSA) is 52.6 Å². The first-order chi connectivity index (χ1) is 12.8. The molecule has 5 aliphatic carbocycles. The molecule has 5 saturated carbocycles. The SMILES string of the molecule is CC(C)(C)CC1(C(=O)OCC(=O)OC2(C)C3CC4CC(C3)CC2C4)CC1(C)C. The van der Waals surface area contributed by atoms with Gasteiger partial charge in [0.25, 0.3) is 0 Å². The van der Waals surface area contributed by atoms with Crippen LogP contribution in [0.1, 0.15) is 86.5 Å². The average Bonchev–Trinajstić information content (AvgIpc) is 3.09. The van der Waals surface area contributed by atoms with Crippen molar-refractivity contribution < 1.29 is 19.1 Å². The summed E-state index contributed by atoms with van der Waals surface area (Å²) in [5.74, 6) is 2.05. The second kappa shape index (κ2) is 6.22. The molecule has 4 nitrogen and oxygen atoms in total. The van der Waals surface area contributed by atoms with Crippen LogP contribution in [-0.2, 0) is 19.1 Å². The van der Waals surface area contributed by atoms with Gasteiger partial charge >= 0.3 is 11.9 Å². The van der Waals surface area contributed by atoms with Gasteiger partial charge in [-0.15, -0.1) is 0 Å². The smallest absolute Gasteiger partial charge is 0.344 e. The molecular weight excluding hydrogens is 352 g/mol. The van der Waals surface area contributed by atoms with E-state index in [0.29, 0.717) is 11.8 Å². The summed E-state index contributed by atoms with van der Waals surface area (Å²) >= 11 is 0. The predicted octanol–water partition coefficient (Wildman–Crippen LogP) is 5.14. The molecule has 0 heterocycles. The molecular formula is C24H38O4. The van der Waals surface area contributed by atoms with Crippen LogP contribution in [0, 0.1) is 39.9 Å². The molecule has 0 aromatic rings. The van der Waals surface area contributed by atoms with Crippen molar-refractivity contribution in [3.63, 3.8) is 0 Å². The normalized spacial score (nSPS) is 42.9. The Labute approximate surface area is 170 Å². The van der Waals surface area contributed by atoms with Gasteiger partial charge in [0.1, 0.15) is 5.60 Å². The van der Waals surface area contributed by atoms with E-state index in [4.69, 9.17) is 9.47 Å². The van der Waals surface area contributed by atoms with Crippen LogP contribution in [0.5, 0.6) is 0 Å². The van der Waals surface area contributed by atoms with E-state index in [1.807, 2.05) is 0 Å². The van der Waals surface area contributed by atoms with Crippen molar-refractivity contribution in [2.24, 2.45) is 39.9 Å². The third-order valence-corrected chi connectivity index (χ3v) is 8.55. The van der Waals surface area contributed by atoms with Crippen molar-refractivity contribution in [2.75, 3.05) is 6.61 Å². The van der Waals surface area contributed by atoms with E-state index in [9.17, 15) is 9.59 Å². The van der Waals surface area contributed by atoms with Gasteiger partial charge in [-0.2, -0.15) is 0 Å². The molecule has 0 radical (unpaired) electrons. The zero-order valence-electron chi connectivity index (χ0n) is 18.6. The molecule has 0 aromatic carbocycles. The Morgan fingerprint density at radius 3 is 1.86 bits per heavy atom.